The van der Waals surface area contributed by atoms with Gasteiger partial charge >= 0.3 is 0 Å². The Hall–Kier alpha value is -3.94. The van der Waals surface area contributed by atoms with Crippen LogP contribution in [0.15, 0.2) is 59.8 Å². The van der Waals surface area contributed by atoms with Gasteiger partial charge in [0, 0.05) is 57.0 Å². The van der Waals surface area contributed by atoms with Crippen molar-refractivity contribution in [2.24, 2.45) is 0 Å². The number of nitrogens with one attached hydrogen (secondary N) is 1. The number of ether oxygens (including phenoxy) is 1. The van der Waals surface area contributed by atoms with Crippen molar-refractivity contribution in [3.05, 3.63) is 77.9 Å². The second-order valence-electron chi connectivity index (χ2n) is 10.2. The molecule has 1 N–H and O–H groups in total. The summed E-state index contributed by atoms with van der Waals surface area (Å²) in [5, 5.41) is 3.44. The van der Waals surface area contributed by atoms with Crippen LogP contribution in [0.1, 0.15) is 5.56 Å². The molecule has 220 valence electrons. The Morgan fingerprint density at radius 3 is 2.38 bits per heavy atom. The number of piperazine rings is 1. The van der Waals surface area contributed by atoms with Gasteiger partial charge in [0.25, 0.3) is 0 Å². The molecule has 0 saturated carbocycles. The fraction of sp³-hybridized carbons (Fsp3) is 0.310. The van der Waals surface area contributed by atoms with E-state index in [1.54, 1.807) is 19.3 Å². The van der Waals surface area contributed by atoms with Crippen molar-refractivity contribution in [3.8, 4) is 0 Å². The van der Waals surface area contributed by atoms with E-state index in [0.29, 0.717) is 36.0 Å². The third kappa shape index (κ3) is 5.46. The fourth-order valence-corrected chi connectivity index (χ4v) is 6.86. The third-order valence-electron chi connectivity index (χ3n) is 7.56. The molecular weight excluding hydrogens is 569 g/mol. The minimum Gasteiger partial charge on any atom is -0.378 e. The number of sulfonamides is 1. The lowest BCUT2D eigenvalue weighted by Crippen LogP contribution is -2.49. The number of aromatic nitrogens is 2. The second-order valence-corrected chi connectivity index (χ2v) is 12.2. The molecule has 2 aliphatic rings. The number of pyridine rings is 2. The molecule has 0 bridgehead atoms. The van der Waals surface area contributed by atoms with E-state index in [9.17, 15) is 17.2 Å². The van der Waals surface area contributed by atoms with Crippen molar-refractivity contribution in [1.29, 1.82) is 0 Å². The maximum atomic E-state index is 15.2. The number of benzene rings is 2. The van der Waals surface area contributed by atoms with Crippen molar-refractivity contribution >= 4 is 43.8 Å². The first kappa shape index (κ1) is 28.2. The minimum atomic E-state index is -3.89. The molecule has 6 rings (SSSR count). The average molecular weight is 599 g/mol. The number of hydrogen-bond acceptors (Lipinski definition) is 8. The Balaban J connectivity index is 1.32. The quantitative estimate of drug-likeness (QED) is 0.348. The van der Waals surface area contributed by atoms with E-state index in [4.69, 9.17) is 4.74 Å². The maximum Gasteiger partial charge on any atom is 0.243 e. The van der Waals surface area contributed by atoms with E-state index in [1.165, 1.54) is 28.6 Å². The van der Waals surface area contributed by atoms with Gasteiger partial charge in [-0.3, -0.25) is 4.98 Å². The van der Waals surface area contributed by atoms with Crippen molar-refractivity contribution < 1.29 is 26.3 Å². The Morgan fingerprint density at radius 1 is 0.881 bits per heavy atom. The minimum absolute atomic E-state index is 0.110. The van der Waals surface area contributed by atoms with Crippen LogP contribution in [0.4, 0.5) is 36.1 Å². The first-order chi connectivity index (χ1) is 20.2. The number of fused-ring (bicyclic) bond motifs is 1. The third-order valence-corrected chi connectivity index (χ3v) is 9.46. The number of nitrogens with zero attached hydrogens (tertiary/aromatic N) is 5. The fourth-order valence-electron chi connectivity index (χ4n) is 5.41. The molecule has 0 amide bonds. The summed E-state index contributed by atoms with van der Waals surface area (Å²) < 4.78 is 76.2. The summed E-state index contributed by atoms with van der Waals surface area (Å²) in [7, 11) is -3.89. The van der Waals surface area contributed by atoms with E-state index < -0.39 is 27.5 Å². The molecule has 0 radical (unpaired) electrons. The number of rotatable bonds is 6. The molecule has 0 atom stereocenters. The molecule has 0 aliphatic carbocycles. The van der Waals surface area contributed by atoms with Crippen LogP contribution in [0, 0.1) is 24.4 Å². The Morgan fingerprint density at radius 2 is 1.64 bits per heavy atom. The molecule has 4 heterocycles. The lowest BCUT2D eigenvalue weighted by molar-refractivity contribution is 0.122. The van der Waals surface area contributed by atoms with Gasteiger partial charge in [-0.05, 0) is 31.2 Å². The molecule has 0 spiro atoms. The summed E-state index contributed by atoms with van der Waals surface area (Å²) in [5.41, 5.74) is 2.68. The molecule has 2 aromatic carbocycles. The van der Waals surface area contributed by atoms with Gasteiger partial charge in [0.2, 0.25) is 10.0 Å². The number of morpholine rings is 1. The zero-order valence-corrected chi connectivity index (χ0v) is 23.7. The van der Waals surface area contributed by atoms with E-state index >= 15 is 4.39 Å². The molecular formula is C29H29F3N6O3S. The highest BCUT2D eigenvalue weighted by Crippen LogP contribution is 2.37. The number of hydrogen-bond donors (Lipinski definition) is 1. The topological polar surface area (TPSA) is 90.9 Å². The first-order valence-corrected chi connectivity index (χ1v) is 15.0. The summed E-state index contributed by atoms with van der Waals surface area (Å²) >= 11 is 0. The Labute approximate surface area is 241 Å². The van der Waals surface area contributed by atoms with Gasteiger partial charge in [-0.2, -0.15) is 4.31 Å². The predicted octanol–water partition coefficient (Wildman–Crippen LogP) is 4.45. The van der Waals surface area contributed by atoms with Crippen molar-refractivity contribution in [2.75, 3.05) is 67.6 Å². The molecule has 4 aromatic rings. The lowest BCUT2D eigenvalue weighted by atomic mass is 10.1. The normalized spacial score (nSPS) is 16.7. The molecule has 9 nitrogen and oxygen atoms in total. The average Bonchev–Trinajstić information content (AvgIpc) is 2.99. The number of anilines is 4. The van der Waals surface area contributed by atoms with Crippen molar-refractivity contribution in [2.45, 2.75) is 11.8 Å². The van der Waals surface area contributed by atoms with Gasteiger partial charge < -0.3 is 19.9 Å². The first-order valence-electron chi connectivity index (χ1n) is 13.6. The van der Waals surface area contributed by atoms with Gasteiger partial charge in [0.05, 0.1) is 58.5 Å². The van der Waals surface area contributed by atoms with E-state index in [-0.39, 0.29) is 42.0 Å². The molecule has 13 heteroatoms. The Bertz CT molecular complexity index is 1740. The van der Waals surface area contributed by atoms with Crippen molar-refractivity contribution in [3.63, 3.8) is 0 Å². The van der Waals surface area contributed by atoms with E-state index in [0.717, 1.165) is 30.9 Å². The van der Waals surface area contributed by atoms with Crippen LogP contribution in [0.5, 0.6) is 0 Å². The van der Waals surface area contributed by atoms with Crippen LogP contribution in [-0.2, 0) is 14.8 Å². The summed E-state index contributed by atoms with van der Waals surface area (Å²) in [6.45, 7) is 5.28. The smallest absolute Gasteiger partial charge is 0.243 e. The number of halogens is 3. The van der Waals surface area contributed by atoms with Crippen LogP contribution in [0.25, 0.3) is 10.9 Å². The summed E-state index contributed by atoms with van der Waals surface area (Å²) in [5.74, 6) is -1.65. The van der Waals surface area contributed by atoms with Gasteiger partial charge in [-0.15, -0.1) is 0 Å². The monoisotopic (exact) mass is 598 g/mol. The second kappa shape index (κ2) is 11.4. The highest BCUT2D eigenvalue weighted by molar-refractivity contribution is 7.89. The summed E-state index contributed by atoms with van der Waals surface area (Å²) in [6, 6.07) is 8.84. The SMILES string of the molecule is Cc1c(N2CCN(S(=O)(=O)c3cccc(F)c3)CC2)nc2cc(F)cc(F)c2c1Nc1cncc(N2CCOCC2)c1. The largest absolute Gasteiger partial charge is 0.378 e. The summed E-state index contributed by atoms with van der Waals surface area (Å²) in [4.78, 5) is 12.9. The van der Waals surface area contributed by atoms with Crippen LogP contribution in [0.2, 0.25) is 0 Å². The van der Waals surface area contributed by atoms with Gasteiger partial charge in [-0.25, -0.2) is 26.6 Å². The lowest BCUT2D eigenvalue weighted by Gasteiger charge is -2.36. The predicted molar refractivity (Wildman–Crippen MR) is 154 cm³/mol. The highest BCUT2D eigenvalue weighted by Gasteiger charge is 2.30. The zero-order valence-electron chi connectivity index (χ0n) is 22.9. The molecule has 42 heavy (non-hydrogen) atoms. The highest BCUT2D eigenvalue weighted by atomic mass is 32.2. The van der Waals surface area contributed by atoms with E-state index in [1.807, 2.05) is 11.0 Å². The van der Waals surface area contributed by atoms with Crippen molar-refractivity contribution in [1.82, 2.24) is 14.3 Å². The van der Waals surface area contributed by atoms with Crippen LogP contribution in [-0.4, -0.2) is 75.2 Å². The van der Waals surface area contributed by atoms with Crippen LogP contribution < -0.4 is 15.1 Å². The van der Waals surface area contributed by atoms with Gasteiger partial charge in [0.1, 0.15) is 23.3 Å². The summed E-state index contributed by atoms with van der Waals surface area (Å²) in [6.07, 6.45) is 3.39. The molecule has 2 saturated heterocycles. The zero-order chi connectivity index (χ0) is 29.4. The standard InChI is InChI=1S/C29H29F3N6O3S/c1-19-28(34-22-16-23(18-33-17-22)36-9-11-41-12-10-36)27-25(32)14-21(31)15-26(27)35-29(19)37-5-7-38(8-6-37)42(39,40)24-4-2-3-20(30)13-24/h2-4,13-18H,5-12H2,1H3,(H,34,35). The van der Waals surface area contributed by atoms with Crippen LogP contribution >= 0.6 is 0 Å². The van der Waals surface area contributed by atoms with Gasteiger partial charge in [-0.1, -0.05) is 6.07 Å². The van der Waals surface area contributed by atoms with Crippen LogP contribution in [0.3, 0.4) is 0 Å². The maximum absolute atomic E-state index is 15.2. The molecule has 0 unspecified atom stereocenters. The Kier molecular flexibility index (Phi) is 7.64. The van der Waals surface area contributed by atoms with Gasteiger partial charge in [0.15, 0.2) is 0 Å². The molecule has 2 aliphatic heterocycles. The molecule has 2 aromatic heterocycles. The molecule has 2 fully saturated rings. The van der Waals surface area contributed by atoms with E-state index in [2.05, 4.69) is 20.2 Å².